The Morgan fingerprint density at radius 1 is 1.52 bits per heavy atom. The molecule has 1 aliphatic carbocycles. The second-order valence-corrected chi connectivity index (χ2v) is 6.77. The molecule has 25 heavy (non-hydrogen) atoms. The number of carbonyl (C=O) groups excluding carboxylic acids is 1. The first-order valence-corrected chi connectivity index (χ1v) is 8.38. The Kier molecular flexibility index (Phi) is 3.40. The second kappa shape index (κ2) is 5.29. The normalized spacial score (nSPS) is 20.2. The zero-order valence-corrected chi connectivity index (χ0v) is 14.1. The van der Waals surface area contributed by atoms with Gasteiger partial charge in [0.1, 0.15) is 18.0 Å². The smallest absolute Gasteiger partial charge is 0.343 e. The van der Waals surface area contributed by atoms with Crippen molar-refractivity contribution < 1.29 is 18.7 Å². The van der Waals surface area contributed by atoms with E-state index in [0.717, 1.165) is 0 Å². The average Bonchev–Trinajstić information content (AvgIpc) is 3.30. The SMILES string of the molecule is CCOC(=O)c1cn2c3c(c(C4(N)CC4)c(F)cc3c1=O)OCC2C. The molecular weight excluding hydrogens is 327 g/mol. The third-order valence-electron chi connectivity index (χ3n) is 4.95. The fraction of sp³-hybridized carbons (Fsp3) is 0.444. The van der Waals surface area contributed by atoms with E-state index in [2.05, 4.69) is 0 Å². The van der Waals surface area contributed by atoms with Gasteiger partial charge in [-0.15, -0.1) is 0 Å². The van der Waals surface area contributed by atoms with Gasteiger partial charge in [-0.3, -0.25) is 4.79 Å². The molecule has 1 saturated carbocycles. The van der Waals surface area contributed by atoms with E-state index in [9.17, 15) is 14.0 Å². The quantitative estimate of drug-likeness (QED) is 0.862. The van der Waals surface area contributed by atoms with Gasteiger partial charge < -0.3 is 19.8 Å². The Morgan fingerprint density at radius 3 is 2.88 bits per heavy atom. The summed E-state index contributed by atoms with van der Waals surface area (Å²) < 4.78 is 27.3. The van der Waals surface area contributed by atoms with E-state index < -0.39 is 22.8 Å². The molecule has 0 saturated heterocycles. The van der Waals surface area contributed by atoms with Crippen LogP contribution < -0.4 is 15.9 Å². The van der Waals surface area contributed by atoms with Crippen molar-refractivity contribution in [1.29, 1.82) is 0 Å². The summed E-state index contributed by atoms with van der Waals surface area (Å²) in [5.74, 6) is -0.956. The van der Waals surface area contributed by atoms with E-state index in [1.807, 2.05) is 6.92 Å². The number of benzene rings is 1. The summed E-state index contributed by atoms with van der Waals surface area (Å²) in [6, 6.07) is 1.05. The average molecular weight is 346 g/mol. The summed E-state index contributed by atoms with van der Waals surface area (Å²) in [6.45, 7) is 4.03. The van der Waals surface area contributed by atoms with Gasteiger partial charge in [-0.05, 0) is 32.8 Å². The van der Waals surface area contributed by atoms with Crippen molar-refractivity contribution in [1.82, 2.24) is 4.57 Å². The van der Waals surface area contributed by atoms with E-state index >= 15 is 0 Å². The molecule has 4 rings (SSSR count). The molecule has 2 aromatic rings. The highest BCUT2D eigenvalue weighted by Gasteiger charge is 2.46. The van der Waals surface area contributed by atoms with E-state index in [4.69, 9.17) is 15.2 Å². The minimum Gasteiger partial charge on any atom is -0.489 e. The topological polar surface area (TPSA) is 83.5 Å². The number of aromatic nitrogens is 1. The van der Waals surface area contributed by atoms with Crippen LogP contribution in [0.5, 0.6) is 5.75 Å². The first-order chi connectivity index (χ1) is 11.9. The largest absolute Gasteiger partial charge is 0.489 e. The van der Waals surface area contributed by atoms with Crippen LogP contribution in [0.15, 0.2) is 17.1 Å². The van der Waals surface area contributed by atoms with E-state index in [1.54, 1.807) is 11.5 Å². The molecule has 1 aliphatic heterocycles. The number of pyridine rings is 1. The summed E-state index contributed by atoms with van der Waals surface area (Å²) in [7, 11) is 0. The number of esters is 1. The monoisotopic (exact) mass is 346 g/mol. The fourth-order valence-corrected chi connectivity index (χ4v) is 3.43. The lowest BCUT2D eigenvalue weighted by molar-refractivity contribution is 0.0523. The lowest BCUT2D eigenvalue weighted by Crippen LogP contribution is -2.30. The molecule has 1 fully saturated rings. The highest BCUT2D eigenvalue weighted by Crippen LogP contribution is 2.50. The lowest BCUT2D eigenvalue weighted by atomic mass is 9.98. The summed E-state index contributed by atoms with van der Waals surface area (Å²) in [5.41, 5.74) is 5.63. The lowest BCUT2D eigenvalue weighted by Gasteiger charge is -2.30. The maximum atomic E-state index is 14.8. The van der Waals surface area contributed by atoms with Gasteiger partial charge in [0, 0.05) is 11.7 Å². The first-order valence-electron chi connectivity index (χ1n) is 8.38. The van der Waals surface area contributed by atoms with E-state index in [1.165, 1.54) is 12.3 Å². The molecule has 2 N–H and O–H groups in total. The molecule has 6 nitrogen and oxygen atoms in total. The minimum atomic E-state index is -0.741. The Labute approximate surface area is 143 Å². The third-order valence-corrected chi connectivity index (χ3v) is 4.95. The zero-order valence-electron chi connectivity index (χ0n) is 14.1. The van der Waals surface area contributed by atoms with Crippen molar-refractivity contribution in [2.24, 2.45) is 5.73 Å². The highest BCUT2D eigenvalue weighted by atomic mass is 19.1. The van der Waals surface area contributed by atoms with E-state index in [-0.39, 0.29) is 23.6 Å². The number of halogens is 1. The summed E-state index contributed by atoms with van der Waals surface area (Å²) in [6.07, 6.45) is 2.83. The molecule has 1 aromatic carbocycles. The predicted molar refractivity (Wildman–Crippen MR) is 89.4 cm³/mol. The molecule has 0 bridgehead atoms. The molecule has 1 atom stereocenters. The van der Waals surface area contributed by atoms with Crippen LogP contribution in [0.1, 0.15) is 48.7 Å². The van der Waals surface area contributed by atoms with Crippen molar-refractivity contribution in [3.63, 3.8) is 0 Å². The molecule has 1 aromatic heterocycles. The van der Waals surface area contributed by atoms with Crippen LogP contribution in [0.25, 0.3) is 10.9 Å². The number of ether oxygens (including phenoxy) is 2. The number of hydrogen-bond donors (Lipinski definition) is 1. The number of nitrogens with two attached hydrogens (primary N) is 1. The molecule has 0 amide bonds. The van der Waals surface area contributed by atoms with Crippen LogP contribution in [0.3, 0.4) is 0 Å². The van der Waals surface area contributed by atoms with E-state index in [0.29, 0.717) is 36.3 Å². The summed E-state index contributed by atoms with van der Waals surface area (Å²) in [4.78, 5) is 24.9. The standard InChI is InChI=1S/C18H19FN2O4/c1-3-24-17(23)11-7-21-9(2)8-25-16-13(18(20)4-5-18)12(19)6-10(14(16)21)15(11)22/h6-7,9H,3-5,8,20H2,1-2H3. The van der Waals surface area contributed by atoms with Gasteiger partial charge in [-0.2, -0.15) is 0 Å². The first kappa shape index (κ1) is 16.1. The van der Waals surface area contributed by atoms with Gasteiger partial charge in [-0.1, -0.05) is 0 Å². The maximum absolute atomic E-state index is 14.8. The van der Waals surface area contributed by atoms with Gasteiger partial charge in [0.2, 0.25) is 5.43 Å². The molecule has 0 spiro atoms. The van der Waals surface area contributed by atoms with Crippen LogP contribution in [-0.2, 0) is 10.3 Å². The Hall–Kier alpha value is -2.41. The number of nitrogens with zero attached hydrogens (tertiary/aromatic N) is 1. The molecular formula is C18H19FN2O4. The predicted octanol–water partition coefficient (Wildman–Crippen LogP) is 2.22. The zero-order chi connectivity index (χ0) is 17.9. The highest BCUT2D eigenvalue weighted by molar-refractivity contribution is 5.96. The van der Waals surface area contributed by atoms with Crippen LogP contribution in [0.4, 0.5) is 4.39 Å². The molecule has 132 valence electrons. The second-order valence-electron chi connectivity index (χ2n) is 6.77. The maximum Gasteiger partial charge on any atom is 0.343 e. The van der Waals surface area contributed by atoms with Crippen molar-refractivity contribution in [3.05, 3.63) is 39.4 Å². The Balaban J connectivity index is 2.08. The summed E-state index contributed by atoms with van der Waals surface area (Å²) in [5, 5.41) is 0.109. The Bertz CT molecular complexity index is 962. The molecule has 2 aliphatic rings. The molecule has 1 unspecified atom stereocenters. The van der Waals surface area contributed by atoms with Gasteiger partial charge in [0.15, 0.2) is 5.75 Å². The molecule has 0 radical (unpaired) electrons. The van der Waals surface area contributed by atoms with Crippen LogP contribution in [0.2, 0.25) is 0 Å². The van der Waals surface area contributed by atoms with Crippen LogP contribution in [0, 0.1) is 5.82 Å². The molecule has 2 heterocycles. The number of rotatable bonds is 3. The van der Waals surface area contributed by atoms with Crippen molar-refractivity contribution >= 4 is 16.9 Å². The van der Waals surface area contributed by atoms with Gasteiger partial charge in [-0.25, -0.2) is 9.18 Å². The number of carbonyl (C=O) groups is 1. The van der Waals surface area contributed by atoms with Crippen LogP contribution in [-0.4, -0.2) is 23.8 Å². The summed E-state index contributed by atoms with van der Waals surface area (Å²) >= 11 is 0. The Morgan fingerprint density at radius 2 is 2.24 bits per heavy atom. The van der Waals surface area contributed by atoms with Gasteiger partial charge in [0.05, 0.1) is 29.1 Å². The number of hydrogen-bond acceptors (Lipinski definition) is 5. The minimum absolute atomic E-state index is 0.102. The van der Waals surface area contributed by atoms with Crippen molar-refractivity contribution in [3.8, 4) is 5.75 Å². The van der Waals surface area contributed by atoms with Gasteiger partial charge in [0.25, 0.3) is 0 Å². The molecule has 7 heteroatoms. The fourth-order valence-electron chi connectivity index (χ4n) is 3.43. The van der Waals surface area contributed by atoms with Gasteiger partial charge >= 0.3 is 5.97 Å². The third kappa shape index (κ3) is 2.26. The van der Waals surface area contributed by atoms with Crippen molar-refractivity contribution in [2.45, 2.75) is 38.3 Å². The van der Waals surface area contributed by atoms with Crippen LogP contribution >= 0.6 is 0 Å². The van der Waals surface area contributed by atoms with Crippen molar-refractivity contribution in [2.75, 3.05) is 13.2 Å².